The maximum absolute atomic E-state index is 6.09. The van der Waals surface area contributed by atoms with E-state index in [2.05, 4.69) is 10.3 Å². The topological polar surface area (TPSA) is 38.1 Å². The number of hydrogen-bond donors (Lipinski definition) is 1. The molecule has 1 aromatic heterocycles. The number of nitrogens with one attached hydrogen (secondary N) is 1. The summed E-state index contributed by atoms with van der Waals surface area (Å²) < 4.78 is 5.75. The van der Waals surface area contributed by atoms with Crippen LogP contribution in [0.15, 0.2) is 16.5 Å². The van der Waals surface area contributed by atoms with Crippen molar-refractivity contribution in [2.45, 2.75) is 18.8 Å². The molecule has 1 aliphatic rings. The Morgan fingerprint density at radius 3 is 3.00 bits per heavy atom. The summed E-state index contributed by atoms with van der Waals surface area (Å²) >= 11 is 12.0. The zero-order valence-corrected chi connectivity index (χ0v) is 10.7. The Morgan fingerprint density at radius 1 is 1.35 bits per heavy atom. The van der Waals surface area contributed by atoms with Gasteiger partial charge in [0.15, 0.2) is 11.5 Å². The lowest BCUT2D eigenvalue weighted by Gasteiger charge is -2.19. The van der Waals surface area contributed by atoms with E-state index in [1.807, 2.05) is 0 Å². The smallest absolute Gasteiger partial charge is 0.199 e. The summed E-state index contributed by atoms with van der Waals surface area (Å²) in [5.41, 5.74) is 1.37. The van der Waals surface area contributed by atoms with Crippen molar-refractivity contribution in [1.82, 2.24) is 10.3 Å². The third-order valence-corrected chi connectivity index (χ3v) is 3.58. The SMILES string of the molecule is Clc1cc(Cl)c2nc(C3CCCNC3)oc2c1. The number of piperidine rings is 1. The van der Waals surface area contributed by atoms with E-state index in [4.69, 9.17) is 27.6 Å². The molecule has 0 bridgehead atoms. The third kappa shape index (κ3) is 2.15. The van der Waals surface area contributed by atoms with Crippen molar-refractivity contribution in [3.63, 3.8) is 0 Å². The molecule has 1 unspecified atom stereocenters. The highest BCUT2D eigenvalue weighted by Gasteiger charge is 2.21. The van der Waals surface area contributed by atoms with Crippen LogP contribution < -0.4 is 5.32 Å². The highest BCUT2D eigenvalue weighted by atomic mass is 35.5. The molecule has 0 aliphatic carbocycles. The summed E-state index contributed by atoms with van der Waals surface area (Å²) in [5, 5.41) is 4.47. The molecule has 3 nitrogen and oxygen atoms in total. The highest BCUT2D eigenvalue weighted by molar-refractivity contribution is 6.38. The second-order valence-electron chi connectivity index (χ2n) is 4.33. The summed E-state index contributed by atoms with van der Waals surface area (Å²) in [4.78, 5) is 4.48. The number of benzene rings is 1. The normalized spacial score (nSPS) is 20.9. The molecule has 0 amide bonds. The van der Waals surface area contributed by atoms with Gasteiger partial charge in [-0.1, -0.05) is 23.2 Å². The minimum Gasteiger partial charge on any atom is -0.440 e. The minimum atomic E-state index is 0.339. The van der Waals surface area contributed by atoms with E-state index in [-0.39, 0.29) is 0 Å². The average molecular weight is 271 g/mol. The zero-order valence-electron chi connectivity index (χ0n) is 9.17. The second-order valence-corrected chi connectivity index (χ2v) is 5.17. The van der Waals surface area contributed by atoms with Crippen molar-refractivity contribution in [1.29, 1.82) is 0 Å². The number of hydrogen-bond acceptors (Lipinski definition) is 3. The maximum atomic E-state index is 6.09. The predicted molar refractivity (Wildman–Crippen MR) is 68.9 cm³/mol. The van der Waals surface area contributed by atoms with E-state index in [1.165, 1.54) is 0 Å². The van der Waals surface area contributed by atoms with Gasteiger partial charge < -0.3 is 9.73 Å². The van der Waals surface area contributed by atoms with Crippen molar-refractivity contribution in [3.05, 3.63) is 28.1 Å². The molecule has 0 saturated carbocycles. The number of rotatable bonds is 1. The Labute approximate surface area is 109 Å². The van der Waals surface area contributed by atoms with Crippen molar-refractivity contribution >= 4 is 34.3 Å². The summed E-state index contributed by atoms with van der Waals surface area (Å²) in [7, 11) is 0. The monoisotopic (exact) mass is 270 g/mol. The van der Waals surface area contributed by atoms with Gasteiger partial charge >= 0.3 is 0 Å². The Hall–Kier alpha value is -0.770. The molecule has 3 rings (SSSR count). The molecule has 1 aliphatic heterocycles. The summed E-state index contributed by atoms with van der Waals surface area (Å²) in [5.74, 6) is 1.10. The van der Waals surface area contributed by atoms with Gasteiger partial charge in [-0.25, -0.2) is 4.98 Å². The summed E-state index contributed by atoms with van der Waals surface area (Å²) in [6, 6.07) is 3.45. The van der Waals surface area contributed by atoms with Gasteiger partial charge in [0.05, 0.1) is 5.02 Å². The number of nitrogens with zero attached hydrogens (tertiary/aromatic N) is 1. The highest BCUT2D eigenvalue weighted by Crippen LogP contribution is 2.31. The lowest BCUT2D eigenvalue weighted by molar-refractivity contribution is 0.387. The third-order valence-electron chi connectivity index (χ3n) is 3.08. The van der Waals surface area contributed by atoms with Crippen molar-refractivity contribution < 1.29 is 4.42 Å². The van der Waals surface area contributed by atoms with E-state index in [0.717, 1.165) is 31.8 Å². The van der Waals surface area contributed by atoms with Crippen LogP contribution >= 0.6 is 23.2 Å². The minimum absolute atomic E-state index is 0.339. The van der Waals surface area contributed by atoms with E-state index in [0.29, 0.717) is 27.1 Å². The van der Waals surface area contributed by atoms with Crippen molar-refractivity contribution in [2.75, 3.05) is 13.1 Å². The van der Waals surface area contributed by atoms with Crippen LogP contribution in [0.25, 0.3) is 11.1 Å². The van der Waals surface area contributed by atoms with Gasteiger partial charge in [0.2, 0.25) is 0 Å². The molecule has 90 valence electrons. The van der Waals surface area contributed by atoms with Gasteiger partial charge in [-0.3, -0.25) is 0 Å². The van der Waals surface area contributed by atoms with Crippen LogP contribution in [0, 0.1) is 0 Å². The van der Waals surface area contributed by atoms with Crippen molar-refractivity contribution in [3.8, 4) is 0 Å². The second kappa shape index (κ2) is 4.48. The van der Waals surface area contributed by atoms with E-state index in [1.54, 1.807) is 12.1 Å². The van der Waals surface area contributed by atoms with Crippen LogP contribution in [-0.4, -0.2) is 18.1 Å². The first-order valence-corrected chi connectivity index (χ1v) is 6.46. The average Bonchev–Trinajstić information content (AvgIpc) is 2.74. The Morgan fingerprint density at radius 2 is 2.24 bits per heavy atom. The molecule has 1 aromatic carbocycles. The number of fused-ring (bicyclic) bond motifs is 1. The lowest BCUT2D eigenvalue weighted by atomic mass is 10.00. The molecule has 5 heteroatoms. The Balaban J connectivity index is 2.03. The first kappa shape index (κ1) is 11.3. The fourth-order valence-electron chi connectivity index (χ4n) is 2.21. The maximum Gasteiger partial charge on any atom is 0.199 e. The molecular weight excluding hydrogens is 259 g/mol. The van der Waals surface area contributed by atoms with Crippen LogP contribution in [0.2, 0.25) is 10.0 Å². The quantitative estimate of drug-likeness (QED) is 0.861. The van der Waals surface area contributed by atoms with Gasteiger partial charge in [0.25, 0.3) is 0 Å². The molecule has 1 fully saturated rings. The number of aromatic nitrogens is 1. The molecule has 2 heterocycles. The van der Waals surface area contributed by atoms with Gasteiger partial charge in [0, 0.05) is 23.6 Å². The van der Waals surface area contributed by atoms with E-state index < -0.39 is 0 Å². The zero-order chi connectivity index (χ0) is 11.8. The van der Waals surface area contributed by atoms with Crippen LogP contribution in [0.1, 0.15) is 24.7 Å². The molecule has 1 saturated heterocycles. The molecule has 0 radical (unpaired) electrons. The van der Waals surface area contributed by atoms with E-state index >= 15 is 0 Å². The number of oxazole rings is 1. The van der Waals surface area contributed by atoms with Gasteiger partial charge in [-0.05, 0) is 25.5 Å². The fraction of sp³-hybridized carbons (Fsp3) is 0.417. The predicted octanol–water partition coefficient (Wildman–Crippen LogP) is 3.60. The fourth-order valence-corrected chi connectivity index (χ4v) is 2.73. The van der Waals surface area contributed by atoms with Crippen LogP contribution in [0.4, 0.5) is 0 Å². The molecule has 1 atom stereocenters. The summed E-state index contributed by atoms with van der Waals surface area (Å²) in [6.45, 7) is 1.99. The Kier molecular flexibility index (Phi) is 2.99. The molecular formula is C12H12Cl2N2O. The van der Waals surface area contributed by atoms with Gasteiger partial charge in [-0.15, -0.1) is 0 Å². The van der Waals surface area contributed by atoms with Crippen LogP contribution in [0.5, 0.6) is 0 Å². The molecule has 2 aromatic rings. The van der Waals surface area contributed by atoms with Gasteiger partial charge in [0.1, 0.15) is 5.52 Å². The van der Waals surface area contributed by atoms with Crippen LogP contribution in [0.3, 0.4) is 0 Å². The largest absolute Gasteiger partial charge is 0.440 e. The standard InChI is InChI=1S/C12H12Cl2N2O/c13-8-4-9(14)11-10(5-8)17-12(16-11)7-2-1-3-15-6-7/h4-5,7,15H,1-3,6H2. The molecule has 1 N–H and O–H groups in total. The summed E-state index contributed by atoms with van der Waals surface area (Å²) in [6.07, 6.45) is 2.25. The van der Waals surface area contributed by atoms with Gasteiger partial charge in [-0.2, -0.15) is 0 Å². The lowest BCUT2D eigenvalue weighted by Crippen LogP contribution is -2.28. The van der Waals surface area contributed by atoms with Crippen LogP contribution in [-0.2, 0) is 0 Å². The van der Waals surface area contributed by atoms with E-state index in [9.17, 15) is 0 Å². The van der Waals surface area contributed by atoms with Crippen molar-refractivity contribution in [2.24, 2.45) is 0 Å². The first-order valence-electron chi connectivity index (χ1n) is 5.70. The Bertz CT molecular complexity index is 547. The first-order chi connectivity index (χ1) is 8.24. The molecule has 0 spiro atoms. The number of halogens is 2. The molecule has 17 heavy (non-hydrogen) atoms.